The molecule has 0 aliphatic heterocycles. The lowest BCUT2D eigenvalue weighted by molar-refractivity contribution is -0.143. The molecule has 0 heterocycles. The van der Waals surface area contributed by atoms with Crippen LogP contribution in [0.3, 0.4) is 0 Å². The fourth-order valence-electron chi connectivity index (χ4n) is 2.89. The molecule has 1 fully saturated rings. The van der Waals surface area contributed by atoms with Crippen LogP contribution in [0.2, 0.25) is 0 Å². The van der Waals surface area contributed by atoms with Crippen LogP contribution >= 0.6 is 0 Å². The molecule has 1 saturated carbocycles. The van der Waals surface area contributed by atoms with Gasteiger partial charge in [0.15, 0.2) is 0 Å². The van der Waals surface area contributed by atoms with Crippen molar-refractivity contribution in [1.82, 2.24) is 0 Å². The molecule has 2 rings (SSSR count). The minimum absolute atomic E-state index is 0.412. The van der Waals surface area contributed by atoms with Gasteiger partial charge < -0.3 is 9.84 Å². The van der Waals surface area contributed by atoms with E-state index in [0.29, 0.717) is 24.0 Å². The van der Waals surface area contributed by atoms with Crippen molar-refractivity contribution in [1.29, 1.82) is 0 Å². The summed E-state index contributed by atoms with van der Waals surface area (Å²) in [5.74, 6) is -1.22. The molecule has 4 heteroatoms. The Morgan fingerprint density at radius 2 is 1.81 bits per heavy atom. The normalized spacial score (nSPS) is 17.5. The van der Waals surface area contributed by atoms with Crippen LogP contribution in [0.1, 0.15) is 62.4 Å². The Kier molecular flexibility index (Phi) is 4.08. The molecule has 0 atom stereocenters. The molecule has 1 aliphatic rings. The minimum Gasteiger partial charge on any atom is -0.481 e. The number of rotatable bonds is 3. The van der Waals surface area contributed by atoms with Gasteiger partial charge in [0, 0.05) is 0 Å². The SMILES string of the molecule is CC(C)(C)OC(=O)c1cccc(C2(C(=O)O)CCCC2)c1. The van der Waals surface area contributed by atoms with Gasteiger partial charge in [-0.25, -0.2) is 4.79 Å². The van der Waals surface area contributed by atoms with Gasteiger partial charge in [0.05, 0.1) is 11.0 Å². The topological polar surface area (TPSA) is 63.6 Å². The second kappa shape index (κ2) is 5.51. The number of hydrogen-bond acceptors (Lipinski definition) is 3. The van der Waals surface area contributed by atoms with Gasteiger partial charge in [0.25, 0.3) is 0 Å². The molecule has 0 saturated heterocycles. The average molecular weight is 290 g/mol. The lowest BCUT2D eigenvalue weighted by atomic mass is 9.78. The first kappa shape index (κ1) is 15.5. The molecule has 21 heavy (non-hydrogen) atoms. The Labute approximate surface area is 125 Å². The summed E-state index contributed by atoms with van der Waals surface area (Å²) in [7, 11) is 0. The third-order valence-corrected chi connectivity index (χ3v) is 3.92. The van der Waals surface area contributed by atoms with Gasteiger partial charge in [-0.3, -0.25) is 4.79 Å². The molecule has 0 aromatic heterocycles. The summed E-state index contributed by atoms with van der Waals surface area (Å²) in [4.78, 5) is 23.8. The Hall–Kier alpha value is -1.84. The van der Waals surface area contributed by atoms with Gasteiger partial charge in [-0.1, -0.05) is 25.0 Å². The van der Waals surface area contributed by atoms with Crippen LogP contribution in [0, 0.1) is 0 Å². The van der Waals surface area contributed by atoms with Crippen LogP contribution in [-0.2, 0) is 14.9 Å². The number of aliphatic carboxylic acids is 1. The summed E-state index contributed by atoms with van der Waals surface area (Å²) in [5, 5.41) is 9.62. The molecule has 0 spiro atoms. The van der Waals surface area contributed by atoms with Gasteiger partial charge >= 0.3 is 11.9 Å². The molecule has 0 radical (unpaired) electrons. The molecule has 0 unspecified atom stereocenters. The zero-order valence-electron chi connectivity index (χ0n) is 12.8. The molecular formula is C17H22O4. The lowest BCUT2D eigenvalue weighted by Gasteiger charge is -2.25. The van der Waals surface area contributed by atoms with E-state index in [9.17, 15) is 14.7 Å². The number of ether oxygens (including phenoxy) is 1. The Morgan fingerprint density at radius 1 is 1.19 bits per heavy atom. The second-order valence-electron chi connectivity index (χ2n) is 6.68. The first-order chi connectivity index (χ1) is 9.74. The maximum atomic E-state index is 12.1. The highest BCUT2D eigenvalue weighted by molar-refractivity contribution is 5.91. The summed E-state index contributed by atoms with van der Waals surface area (Å²) >= 11 is 0. The van der Waals surface area contributed by atoms with Crippen molar-refractivity contribution < 1.29 is 19.4 Å². The standard InChI is InChI=1S/C17H22O4/c1-16(2,3)21-14(18)12-7-6-8-13(11-12)17(15(19)20)9-4-5-10-17/h6-8,11H,4-5,9-10H2,1-3H3,(H,19,20). The quantitative estimate of drug-likeness (QED) is 0.865. The average Bonchev–Trinajstić information content (AvgIpc) is 2.87. The fourth-order valence-corrected chi connectivity index (χ4v) is 2.89. The third kappa shape index (κ3) is 3.26. The van der Waals surface area contributed by atoms with E-state index < -0.39 is 23.0 Å². The third-order valence-electron chi connectivity index (χ3n) is 3.92. The van der Waals surface area contributed by atoms with E-state index in [1.165, 1.54) is 0 Å². The fraction of sp³-hybridized carbons (Fsp3) is 0.529. The predicted octanol–water partition coefficient (Wildman–Crippen LogP) is 3.54. The van der Waals surface area contributed by atoms with Crippen LogP contribution in [0.25, 0.3) is 0 Å². The molecule has 1 aromatic rings. The number of carboxylic acids is 1. The summed E-state index contributed by atoms with van der Waals surface area (Å²) < 4.78 is 5.35. The predicted molar refractivity (Wildman–Crippen MR) is 79.4 cm³/mol. The zero-order valence-corrected chi connectivity index (χ0v) is 12.8. The Morgan fingerprint density at radius 3 is 2.33 bits per heavy atom. The van der Waals surface area contributed by atoms with E-state index in [0.717, 1.165) is 12.8 Å². The first-order valence-electron chi connectivity index (χ1n) is 7.32. The second-order valence-corrected chi connectivity index (χ2v) is 6.68. The van der Waals surface area contributed by atoms with Crippen molar-refractivity contribution in [3.05, 3.63) is 35.4 Å². The van der Waals surface area contributed by atoms with Crippen molar-refractivity contribution in [2.45, 2.75) is 57.5 Å². The Balaban J connectivity index is 2.33. The summed E-state index contributed by atoms with van der Waals surface area (Å²) in [6.07, 6.45) is 3.06. The summed E-state index contributed by atoms with van der Waals surface area (Å²) in [6, 6.07) is 6.88. The van der Waals surface area contributed by atoms with Crippen LogP contribution in [-0.4, -0.2) is 22.6 Å². The van der Waals surface area contributed by atoms with E-state index in [1.54, 1.807) is 24.3 Å². The number of benzene rings is 1. The molecule has 0 bridgehead atoms. The van der Waals surface area contributed by atoms with E-state index >= 15 is 0 Å². The van der Waals surface area contributed by atoms with Gasteiger partial charge in [-0.05, 0) is 51.3 Å². The number of carbonyl (C=O) groups excluding carboxylic acids is 1. The molecule has 1 aromatic carbocycles. The molecule has 114 valence electrons. The maximum absolute atomic E-state index is 12.1. The molecule has 4 nitrogen and oxygen atoms in total. The number of esters is 1. The molecule has 1 N–H and O–H groups in total. The van der Waals surface area contributed by atoms with Crippen molar-refractivity contribution >= 4 is 11.9 Å². The molecule has 1 aliphatic carbocycles. The minimum atomic E-state index is -0.849. The largest absolute Gasteiger partial charge is 0.481 e. The van der Waals surface area contributed by atoms with Crippen molar-refractivity contribution in [2.75, 3.05) is 0 Å². The van der Waals surface area contributed by atoms with E-state index in [1.807, 2.05) is 20.8 Å². The van der Waals surface area contributed by atoms with E-state index in [2.05, 4.69) is 0 Å². The van der Waals surface area contributed by atoms with Crippen LogP contribution < -0.4 is 0 Å². The zero-order chi connectivity index (χ0) is 15.7. The summed E-state index contributed by atoms with van der Waals surface area (Å²) in [6.45, 7) is 5.43. The number of carbonyl (C=O) groups is 2. The highest BCUT2D eigenvalue weighted by Crippen LogP contribution is 2.41. The van der Waals surface area contributed by atoms with Crippen molar-refractivity contribution in [3.63, 3.8) is 0 Å². The first-order valence-corrected chi connectivity index (χ1v) is 7.32. The maximum Gasteiger partial charge on any atom is 0.338 e. The number of carboxylic acid groups (broad SMARTS) is 1. The number of hydrogen-bond donors (Lipinski definition) is 1. The lowest BCUT2D eigenvalue weighted by Crippen LogP contribution is -2.33. The van der Waals surface area contributed by atoms with Crippen LogP contribution in [0.4, 0.5) is 0 Å². The highest BCUT2D eigenvalue weighted by atomic mass is 16.6. The van der Waals surface area contributed by atoms with Gasteiger partial charge in [-0.15, -0.1) is 0 Å². The van der Waals surface area contributed by atoms with Crippen LogP contribution in [0.15, 0.2) is 24.3 Å². The molecule has 0 amide bonds. The van der Waals surface area contributed by atoms with E-state index in [4.69, 9.17) is 4.74 Å². The summed E-state index contributed by atoms with van der Waals surface area (Å²) in [5.41, 5.74) is -0.297. The van der Waals surface area contributed by atoms with Gasteiger partial charge in [0.1, 0.15) is 5.60 Å². The van der Waals surface area contributed by atoms with Crippen molar-refractivity contribution in [3.8, 4) is 0 Å². The van der Waals surface area contributed by atoms with E-state index in [-0.39, 0.29) is 0 Å². The van der Waals surface area contributed by atoms with Gasteiger partial charge in [-0.2, -0.15) is 0 Å². The van der Waals surface area contributed by atoms with Gasteiger partial charge in [0.2, 0.25) is 0 Å². The van der Waals surface area contributed by atoms with Crippen LogP contribution in [0.5, 0.6) is 0 Å². The monoisotopic (exact) mass is 290 g/mol. The Bertz CT molecular complexity index is 548. The smallest absolute Gasteiger partial charge is 0.338 e. The molecular weight excluding hydrogens is 268 g/mol. The van der Waals surface area contributed by atoms with Crippen molar-refractivity contribution in [2.24, 2.45) is 0 Å². The highest BCUT2D eigenvalue weighted by Gasteiger charge is 2.43.